The Morgan fingerprint density at radius 1 is 1.15 bits per heavy atom. The highest BCUT2D eigenvalue weighted by molar-refractivity contribution is 6.33. The number of aromatic hydroxyl groups is 1. The van der Waals surface area contributed by atoms with Crippen LogP contribution in [0.4, 0.5) is 0 Å². The molecule has 0 fully saturated rings. The van der Waals surface area contributed by atoms with Gasteiger partial charge >= 0.3 is 0 Å². The van der Waals surface area contributed by atoms with E-state index in [1.165, 1.54) is 0 Å². The quantitative estimate of drug-likeness (QED) is 0.826. The minimum absolute atomic E-state index is 0.248. The molecule has 2 rings (SSSR count). The van der Waals surface area contributed by atoms with Crippen LogP contribution in [0.25, 0.3) is 11.1 Å². The first-order chi connectivity index (χ1) is 9.60. The molecule has 2 aromatic rings. The number of benzene rings is 2. The van der Waals surface area contributed by atoms with E-state index in [2.05, 4.69) is 13.8 Å². The van der Waals surface area contributed by atoms with Crippen LogP contribution in [0.15, 0.2) is 42.5 Å². The maximum Gasteiger partial charge on any atom is 0.120 e. The summed E-state index contributed by atoms with van der Waals surface area (Å²) in [6.07, 6.45) is 1.10. The SMILES string of the molecule is CCC(C)COc1ccc(-c2ccc(O)cc2)c(Cl)c1. The lowest BCUT2D eigenvalue weighted by Gasteiger charge is -2.12. The molecule has 0 aromatic heterocycles. The summed E-state index contributed by atoms with van der Waals surface area (Å²) < 4.78 is 5.73. The van der Waals surface area contributed by atoms with Crippen LogP contribution < -0.4 is 4.74 Å². The Kier molecular flexibility index (Phi) is 4.91. The van der Waals surface area contributed by atoms with Crippen LogP contribution in [0.5, 0.6) is 11.5 Å². The van der Waals surface area contributed by atoms with Gasteiger partial charge in [0.2, 0.25) is 0 Å². The molecule has 0 aliphatic rings. The van der Waals surface area contributed by atoms with Crippen LogP contribution >= 0.6 is 11.6 Å². The third-order valence-corrected chi connectivity index (χ3v) is 3.66. The summed E-state index contributed by atoms with van der Waals surface area (Å²) in [7, 11) is 0. The van der Waals surface area contributed by atoms with Gasteiger partial charge in [0.1, 0.15) is 11.5 Å². The maximum absolute atomic E-state index is 9.31. The monoisotopic (exact) mass is 290 g/mol. The Morgan fingerprint density at radius 2 is 1.85 bits per heavy atom. The molecule has 1 atom stereocenters. The second-order valence-electron chi connectivity index (χ2n) is 5.01. The van der Waals surface area contributed by atoms with Gasteiger partial charge in [-0.05, 0) is 41.8 Å². The molecule has 0 amide bonds. The number of halogens is 1. The molecule has 3 heteroatoms. The van der Waals surface area contributed by atoms with Crippen molar-refractivity contribution in [2.24, 2.45) is 5.92 Å². The van der Waals surface area contributed by atoms with Crippen molar-refractivity contribution >= 4 is 11.6 Å². The Morgan fingerprint density at radius 3 is 2.45 bits per heavy atom. The molecule has 2 aromatic carbocycles. The first-order valence-electron chi connectivity index (χ1n) is 6.82. The Bertz CT molecular complexity index is 564. The van der Waals surface area contributed by atoms with E-state index in [4.69, 9.17) is 16.3 Å². The van der Waals surface area contributed by atoms with Crippen LogP contribution in [0.2, 0.25) is 5.02 Å². The molecule has 20 heavy (non-hydrogen) atoms. The minimum atomic E-state index is 0.248. The van der Waals surface area contributed by atoms with Crippen molar-refractivity contribution in [2.75, 3.05) is 6.61 Å². The number of rotatable bonds is 5. The van der Waals surface area contributed by atoms with Crippen molar-refractivity contribution in [2.45, 2.75) is 20.3 Å². The second kappa shape index (κ2) is 6.67. The molecule has 0 aliphatic carbocycles. The van der Waals surface area contributed by atoms with Gasteiger partial charge in [-0.15, -0.1) is 0 Å². The van der Waals surface area contributed by atoms with Gasteiger partial charge in [-0.25, -0.2) is 0 Å². The number of ether oxygens (including phenoxy) is 1. The fourth-order valence-electron chi connectivity index (χ4n) is 1.82. The van der Waals surface area contributed by atoms with E-state index in [9.17, 15) is 5.11 Å². The lowest BCUT2D eigenvalue weighted by Crippen LogP contribution is -2.07. The number of phenols is 1. The zero-order chi connectivity index (χ0) is 14.5. The molecule has 0 heterocycles. The van der Waals surface area contributed by atoms with Gasteiger partial charge in [0, 0.05) is 5.56 Å². The fourth-order valence-corrected chi connectivity index (χ4v) is 2.10. The average molecular weight is 291 g/mol. The van der Waals surface area contributed by atoms with Gasteiger partial charge in [-0.2, -0.15) is 0 Å². The zero-order valence-electron chi connectivity index (χ0n) is 11.8. The highest BCUT2D eigenvalue weighted by Gasteiger charge is 2.06. The van der Waals surface area contributed by atoms with Crippen molar-refractivity contribution in [1.29, 1.82) is 0 Å². The molecule has 0 radical (unpaired) electrons. The summed E-state index contributed by atoms with van der Waals surface area (Å²) in [4.78, 5) is 0. The van der Waals surface area contributed by atoms with Crippen LogP contribution in [0, 0.1) is 5.92 Å². The Hall–Kier alpha value is -1.67. The van der Waals surface area contributed by atoms with Crippen molar-refractivity contribution in [3.05, 3.63) is 47.5 Å². The van der Waals surface area contributed by atoms with E-state index >= 15 is 0 Å². The summed E-state index contributed by atoms with van der Waals surface area (Å²) in [6, 6.07) is 12.7. The molecule has 1 unspecified atom stereocenters. The average Bonchev–Trinajstić information content (AvgIpc) is 2.46. The van der Waals surface area contributed by atoms with E-state index in [0.717, 1.165) is 23.3 Å². The minimum Gasteiger partial charge on any atom is -0.508 e. The predicted octanol–water partition coefficient (Wildman–Crippen LogP) is 5.14. The highest BCUT2D eigenvalue weighted by atomic mass is 35.5. The van der Waals surface area contributed by atoms with E-state index in [0.29, 0.717) is 17.5 Å². The van der Waals surface area contributed by atoms with E-state index in [1.807, 2.05) is 30.3 Å². The van der Waals surface area contributed by atoms with Crippen LogP contribution in [-0.2, 0) is 0 Å². The lowest BCUT2D eigenvalue weighted by molar-refractivity contribution is 0.256. The van der Waals surface area contributed by atoms with Gasteiger partial charge in [0.25, 0.3) is 0 Å². The Balaban J connectivity index is 2.15. The molecule has 1 N–H and O–H groups in total. The molecular weight excluding hydrogens is 272 g/mol. The van der Waals surface area contributed by atoms with Crippen molar-refractivity contribution in [3.63, 3.8) is 0 Å². The summed E-state index contributed by atoms with van der Waals surface area (Å²) in [5.74, 6) is 1.57. The number of hydrogen-bond acceptors (Lipinski definition) is 2. The summed E-state index contributed by atoms with van der Waals surface area (Å²) in [6.45, 7) is 5.01. The van der Waals surface area contributed by atoms with E-state index in [1.54, 1.807) is 12.1 Å². The molecule has 0 saturated heterocycles. The Labute approximate surface area is 125 Å². The topological polar surface area (TPSA) is 29.5 Å². The van der Waals surface area contributed by atoms with E-state index < -0.39 is 0 Å². The van der Waals surface area contributed by atoms with Crippen molar-refractivity contribution < 1.29 is 9.84 Å². The van der Waals surface area contributed by atoms with Crippen molar-refractivity contribution in [3.8, 4) is 22.6 Å². The molecule has 106 valence electrons. The number of hydrogen-bond donors (Lipinski definition) is 1. The van der Waals surface area contributed by atoms with Crippen LogP contribution in [-0.4, -0.2) is 11.7 Å². The predicted molar refractivity (Wildman–Crippen MR) is 83.5 cm³/mol. The molecular formula is C17H19ClO2. The third-order valence-electron chi connectivity index (χ3n) is 3.35. The molecule has 0 spiro atoms. The fraction of sp³-hybridized carbons (Fsp3) is 0.294. The van der Waals surface area contributed by atoms with Crippen LogP contribution in [0.1, 0.15) is 20.3 Å². The smallest absolute Gasteiger partial charge is 0.120 e. The first-order valence-corrected chi connectivity index (χ1v) is 7.19. The van der Waals surface area contributed by atoms with Gasteiger partial charge in [-0.1, -0.05) is 44.0 Å². The highest BCUT2D eigenvalue weighted by Crippen LogP contribution is 2.32. The van der Waals surface area contributed by atoms with Gasteiger partial charge in [-0.3, -0.25) is 0 Å². The van der Waals surface area contributed by atoms with Gasteiger partial charge in [0.05, 0.1) is 11.6 Å². The zero-order valence-corrected chi connectivity index (χ0v) is 12.5. The molecule has 0 aliphatic heterocycles. The normalized spacial score (nSPS) is 12.2. The summed E-state index contributed by atoms with van der Waals surface area (Å²) in [5.41, 5.74) is 1.91. The molecule has 0 bridgehead atoms. The lowest BCUT2D eigenvalue weighted by atomic mass is 10.1. The number of phenolic OH excluding ortho intramolecular Hbond substituents is 1. The van der Waals surface area contributed by atoms with Gasteiger partial charge in [0.15, 0.2) is 0 Å². The molecule has 2 nitrogen and oxygen atoms in total. The largest absolute Gasteiger partial charge is 0.508 e. The standard InChI is InChI=1S/C17H19ClO2/c1-3-12(2)11-20-15-8-9-16(17(18)10-15)13-4-6-14(19)7-5-13/h4-10,12,19H,3,11H2,1-2H3. The van der Waals surface area contributed by atoms with Crippen molar-refractivity contribution in [1.82, 2.24) is 0 Å². The first kappa shape index (κ1) is 14.7. The van der Waals surface area contributed by atoms with Gasteiger partial charge < -0.3 is 9.84 Å². The molecule has 0 saturated carbocycles. The van der Waals surface area contributed by atoms with Crippen LogP contribution in [0.3, 0.4) is 0 Å². The second-order valence-corrected chi connectivity index (χ2v) is 5.42. The maximum atomic E-state index is 9.31. The van der Waals surface area contributed by atoms with E-state index in [-0.39, 0.29) is 5.75 Å². The summed E-state index contributed by atoms with van der Waals surface area (Å²) >= 11 is 6.31. The summed E-state index contributed by atoms with van der Waals surface area (Å²) in [5, 5.41) is 9.96. The third kappa shape index (κ3) is 3.67.